The summed E-state index contributed by atoms with van der Waals surface area (Å²) in [5.74, 6) is 1.25. The number of piperidine rings is 2. The molecule has 0 spiro atoms. The van der Waals surface area contributed by atoms with Crippen molar-refractivity contribution < 1.29 is 19.4 Å². The van der Waals surface area contributed by atoms with Crippen LogP contribution in [0, 0.1) is 11.8 Å². The maximum absolute atomic E-state index is 14.1. The first-order valence-electron chi connectivity index (χ1n) is 14.5. The number of aliphatic hydroxyl groups is 1. The van der Waals surface area contributed by atoms with E-state index in [2.05, 4.69) is 50.2 Å². The Morgan fingerprint density at radius 3 is 2.49 bits per heavy atom. The van der Waals surface area contributed by atoms with E-state index in [4.69, 9.17) is 9.72 Å². The second-order valence-corrected chi connectivity index (χ2v) is 12.9. The van der Waals surface area contributed by atoms with Crippen molar-refractivity contribution >= 4 is 42.4 Å². The Hall–Kier alpha value is -1.72. The van der Waals surface area contributed by atoms with E-state index in [0.717, 1.165) is 6.42 Å². The number of hydrogen-bond acceptors (Lipinski definition) is 8. The van der Waals surface area contributed by atoms with Gasteiger partial charge >= 0.3 is 0 Å². The highest BCUT2D eigenvalue weighted by Gasteiger charge is 2.38. The van der Waals surface area contributed by atoms with E-state index in [9.17, 15) is 14.7 Å². The first-order chi connectivity index (χ1) is 18.3. The highest BCUT2D eigenvalue weighted by Crippen LogP contribution is 2.27. The number of likely N-dealkylation sites (tertiary alicyclic amines) is 1. The molecule has 2 saturated heterocycles. The molecule has 1 aromatic heterocycles. The highest BCUT2D eigenvalue weighted by molar-refractivity contribution is 5.98. The largest absolute Gasteiger partial charge is 0.390 e. The van der Waals surface area contributed by atoms with Crippen LogP contribution in [-0.4, -0.2) is 101 Å². The Morgan fingerprint density at radius 2 is 1.90 bits per heavy atom. The van der Waals surface area contributed by atoms with Crippen LogP contribution in [0.25, 0.3) is 0 Å². The molecule has 0 unspecified atom stereocenters. The van der Waals surface area contributed by atoms with Crippen molar-refractivity contribution in [3.8, 4) is 0 Å². The molecule has 2 fully saturated rings. The Bertz CT molecular complexity index is 979. The lowest BCUT2D eigenvalue weighted by Gasteiger charge is -2.41. The molecule has 41 heavy (non-hydrogen) atoms. The summed E-state index contributed by atoms with van der Waals surface area (Å²) in [5, 5.41) is 17.1. The number of rotatable bonds is 10. The zero-order chi connectivity index (χ0) is 28.8. The van der Waals surface area contributed by atoms with Gasteiger partial charge in [0.25, 0.3) is 5.91 Å². The van der Waals surface area contributed by atoms with Crippen molar-refractivity contribution in [1.29, 1.82) is 0 Å². The molecule has 2 aliphatic rings. The summed E-state index contributed by atoms with van der Waals surface area (Å²) in [4.78, 5) is 40.7. The van der Waals surface area contributed by atoms with E-state index in [1.807, 2.05) is 16.7 Å². The lowest BCUT2D eigenvalue weighted by Crippen LogP contribution is -2.56. The van der Waals surface area contributed by atoms with Crippen LogP contribution >= 0.6 is 24.8 Å². The van der Waals surface area contributed by atoms with Crippen LogP contribution in [0.2, 0.25) is 0 Å². The van der Waals surface area contributed by atoms with Crippen LogP contribution < -0.4 is 10.6 Å². The molecular formula is C29H52Cl2N6O4. The number of nitrogens with zero attached hydrogens (tertiary/aromatic N) is 4. The van der Waals surface area contributed by atoms with Gasteiger partial charge in [-0.3, -0.25) is 9.59 Å². The topological polar surface area (TPSA) is 120 Å². The molecular weight excluding hydrogens is 567 g/mol. The molecule has 0 aromatic carbocycles. The Labute approximate surface area is 258 Å². The third-order valence-corrected chi connectivity index (χ3v) is 7.60. The molecule has 236 valence electrons. The number of amides is 2. The monoisotopic (exact) mass is 618 g/mol. The van der Waals surface area contributed by atoms with Crippen molar-refractivity contribution in [2.24, 2.45) is 11.8 Å². The van der Waals surface area contributed by atoms with Gasteiger partial charge in [0.05, 0.1) is 11.5 Å². The van der Waals surface area contributed by atoms with Gasteiger partial charge in [-0.1, -0.05) is 34.6 Å². The molecule has 3 rings (SSSR count). The minimum atomic E-state index is -0.704. The maximum atomic E-state index is 14.1. The number of halogens is 2. The van der Waals surface area contributed by atoms with Crippen LogP contribution in [0.3, 0.4) is 0 Å². The molecule has 12 heteroatoms. The zero-order valence-electron chi connectivity index (χ0n) is 25.9. The molecule has 2 aliphatic heterocycles. The zero-order valence-corrected chi connectivity index (χ0v) is 27.5. The fourth-order valence-corrected chi connectivity index (χ4v) is 5.22. The molecule has 0 radical (unpaired) electrons. The van der Waals surface area contributed by atoms with Crippen molar-refractivity contribution in [2.45, 2.75) is 84.3 Å². The summed E-state index contributed by atoms with van der Waals surface area (Å²) in [5.41, 5.74) is -0.511. The van der Waals surface area contributed by atoms with Crippen LogP contribution in [0.15, 0.2) is 6.20 Å². The van der Waals surface area contributed by atoms with Gasteiger partial charge in [0.1, 0.15) is 17.2 Å². The van der Waals surface area contributed by atoms with Gasteiger partial charge in [0.15, 0.2) is 0 Å². The quantitative estimate of drug-likeness (QED) is 0.341. The first kappa shape index (κ1) is 37.3. The summed E-state index contributed by atoms with van der Waals surface area (Å²) < 4.78 is 5.18. The standard InChI is InChI=1S/C29H50N6O4.2ClH/c1-20(2)19-35(22-15-21(16-30-17-22)25(36)34-12-9-29(6,38)10-13-34)26(37)23-18-32-27(28(3,4)5)33-24(23)31-11-8-14-39-7;;/h18,20-22,30,38H,8-17,19H2,1-7H3,(H,31,32,33);2*1H/t21-,22+;;/m1../s1. The molecule has 2 atom stereocenters. The summed E-state index contributed by atoms with van der Waals surface area (Å²) in [7, 11) is 1.67. The van der Waals surface area contributed by atoms with Crippen LogP contribution in [-0.2, 0) is 14.9 Å². The predicted octanol–water partition coefficient (Wildman–Crippen LogP) is 3.52. The van der Waals surface area contributed by atoms with Gasteiger partial charge in [0, 0.05) is 70.6 Å². The van der Waals surface area contributed by atoms with E-state index in [-0.39, 0.29) is 59.9 Å². The average Bonchev–Trinajstić information content (AvgIpc) is 2.88. The SMILES string of the molecule is COCCCNc1nc(C(C)(C)C)ncc1C(=O)N(CC(C)C)[C@@H]1CNC[C@H](C(=O)N2CCC(C)(O)CC2)C1.Cl.Cl. The third kappa shape index (κ3) is 10.5. The molecule has 10 nitrogen and oxygen atoms in total. The number of ether oxygens (including phenoxy) is 1. The minimum absolute atomic E-state index is 0. The van der Waals surface area contributed by atoms with Crippen LogP contribution in [0.1, 0.15) is 83.4 Å². The van der Waals surface area contributed by atoms with Crippen molar-refractivity contribution in [3.05, 3.63) is 17.6 Å². The normalized spacial score (nSPS) is 20.6. The average molecular weight is 620 g/mol. The number of anilines is 1. The van der Waals surface area contributed by atoms with E-state index < -0.39 is 5.60 Å². The molecule has 0 bridgehead atoms. The lowest BCUT2D eigenvalue weighted by atomic mass is 9.89. The molecule has 3 heterocycles. The van der Waals surface area contributed by atoms with Gasteiger partial charge in [-0.25, -0.2) is 9.97 Å². The van der Waals surface area contributed by atoms with Crippen LogP contribution in [0.4, 0.5) is 5.82 Å². The van der Waals surface area contributed by atoms with E-state index in [1.165, 1.54) is 0 Å². The van der Waals surface area contributed by atoms with Gasteiger partial charge in [0.2, 0.25) is 5.91 Å². The Morgan fingerprint density at radius 1 is 1.24 bits per heavy atom. The number of methoxy groups -OCH3 is 1. The second kappa shape index (κ2) is 16.2. The lowest BCUT2D eigenvalue weighted by molar-refractivity contribution is -0.140. The Kier molecular flexibility index (Phi) is 14.8. The van der Waals surface area contributed by atoms with Gasteiger partial charge in [-0.15, -0.1) is 24.8 Å². The highest BCUT2D eigenvalue weighted by atomic mass is 35.5. The van der Waals surface area contributed by atoms with Gasteiger partial charge in [-0.2, -0.15) is 0 Å². The van der Waals surface area contributed by atoms with Gasteiger partial charge in [-0.05, 0) is 38.5 Å². The van der Waals surface area contributed by atoms with E-state index in [1.54, 1.807) is 13.3 Å². The molecule has 0 aliphatic carbocycles. The summed E-state index contributed by atoms with van der Waals surface area (Å²) in [6.45, 7) is 16.4. The molecule has 0 saturated carbocycles. The van der Waals surface area contributed by atoms with E-state index >= 15 is 0 Å². The number of hydrogen-bond donors (Lipinski definition) is 3. The second-order valence-electron chi connectivity index (χ2n) is 12.9. The number of nitrogens with one attached hydrogen (secondary N) is 2. The maximum Gasteiger partial charge on any atom is 0.259 e. The summed E-state index contributed by atoms with van der Waals surface area (Å²) in [6.07, 6.45) is 4.22. The molecule has 2 amide bonds. The molecule has 1 aromatic rings. The molecule has 3 N–H and O–H groups in total. The fourth-order valence-electron chi connectivity index (χ4n) is 5.22. The van der Waals surface area contributed by atoms with Crippen LogP contribution in [0.5, 0.6) is 0 Å². The fraction of sp³-hybridized carbons (Fsp3) is 0.793. The van der Waals surface area contributed by atoms with Gasteiger partial charge < -0.3 is 30.3 Å². The first-order valence-corrected chi connectivity index (χ1v) is 14.5. The van der Waals surface area contributed by atoms with Crippen molar-refractivity contribution in [3.63, 3.8) is 0 Å². The van der Waals surface area contributed by atoms with E-state index in [0.29, 0.717) is 82.3 Å². The smallest absolute Gasteiger partial charge is 0.259 e. The predicted molar refractivity (Wildman–Crippen MR) is 167 cm³/mol. The number of aromatic nitrogens is 2. The minimum Gasteiger partial charge on any atom is -0.390 e. The third-order valence-electron chi connectivity index (χ3n) is 7.60. The van der Waals surface area contributed by atoms with Crippen molar-refractivity contribution in [1.82, 2.24) is 25.1 Å². The summed E-state index contributed by atoms with van der Waals surface area (Å²) >= 11 is 0. The number of carbonyl (C=O) groups is 2. The Balaban J connectivity index is 0.00000420. The summed E-state index contributed by atoms with van der Waals surface area (Å²) in [6, 6.07) is -0.126. The van der Waals surface area contributed by atoms with Crippen molar-refractivity contribution in [2.75, 3.05) is 58.3 Å². The number of carbonyl (C=O) groups excluding carboxylic acids is 2.